The number of amides is 1. The van der Waals surface area contributed by atoms with Crippen LogP contribution in [-0.4, -0.2) is 67.6 Å². The van der Waals surface area contributed by atoms with Gasteiger partial charge in [0.2, 0.25) is 5.91 Å². The van der Waals surface area contributed by atoms with E-state index in [0.29, 0.717) is 6.04 Å². The molecule has 106 valence electrons. The molecule has 1 fully saturated rings. The molecule has 0 bridgehead atoms. The van der Waals surface area contributed by atoms with E-state index in [0.717, 1.165) is 26.1 Å². The fourth-order valence-corrected chi connectivity index (χ4v) is 2.46. The molecule has 0 spiro atoms. The second-order valence-corrected chi connectivity index (χ2v) is 5.77. The molecular formula is C13H28N4O. The Morgan fingerprint density at radius 3 is 2.61 bits per heavy atom. The van der Waals surface area contributed by atoms with E-state index in [1.807, 2.05) is 13.8 Å². The van der Waals surface area contributed by atoms with E-state index in [1.54, 1.807) is 0 Å². The maximum atomic E-state index is 11.3. The van der Waals surface area contributed by atoms with Crippen molar-refractivity contribution in [1.29, 1.82) is 0 Å². The molecule has 0 saturated carbocycles. The summed E-state index contributed by atoms with van der Waals surface area (Å²) < 4.78 is 0. The second-order valence-electron chi connectivity index (χ2n) is 5.77. The molecule has 0 aliphatic carbocycles. The molecule has 1 amide bonds. The quantitative estimate of drug-likeness (QED) is 0.666. The van der Waals surface area contributed by atoms with Crippen LogP contribution in [0.4, 0.5) is 0 Å². The lowest BCUT2D eigenvalue weighted by Crippen LogP contribution is -2.46. The second kappa shape index (κ2) is 7.07. The summed E-state index contributed by atoms with van der Waals surface area (Å²) in [7, 11) is 4.25. The average Bonchev–Trinajstić information content (AvgIpc) is 2.72. The van der Waals surface area contributed by atoms with Crippen molar-refractivity contribution in [3.63, 3.8) is 0 Å². The molecule has 1 heterocycles. The highest BCUT2D eigenvalue weighted by atomic mass is 16.1. The predicted octanol–water partition coefficient (Wildman–Crippen LogP) is -0.136. The third-order valence-electron chi connectivity index (χ3n) is 3.59. The van der Waals surface area contributed by atoms with Crippen LogP contribution < -0.4 is 11.1 Å². The van der Waals surface area contributed by atoms with E-state index in [1.165, 1.54) is 6.42 Å². The number of hydrogen-bond acceptors (Lipinski definition) is 4. The number of likely N-dealkylation sites (N-methyl/N-ethyl adjacent to an activating group) is 1. The number of nitrogens with one attached hydrogen (secondary N) is 1. The number of carbonyl (C=O) groups is 1. The highest BCUT2D eigenvalue weighted by Gasteiger charge is 2.25. The van der Waals surface area contributed by atoms with Crippen molar-refractivity contribution in [3.05, 3.63) is 0 Å². The molecule has 1 aliphatic heterocycles. The third kappa shape index (κ3) is 4.92. The highest BCUT2D eigenvalue weighted by molar-refractivity contribution is 5.79. The Morgan fingerprint density at radius 1 is 1.50 bits per heavy atom. The SMILES string of the molecule is CC(C)NC(CCN1CCC(N(C)C)C1)C(N)=O. The zero-order chi connectivity index (χ0) is 13.7. The van der Waals surface area contributed by atoms with Crippen molar-refractivity contribution in [1.82, 2.24) is 15.1 Å². The molecule has 18 heavy (non-hydrogen) atoms. The van der Waals surface area contributed by atoms with Gasteiger partial charge in [-0.15, -0.1) is 0 Å². The van der Waals surface area contributed by atoms with Crippen LogP contribution >= 0.6 is 0 Å². The minimum Gasteiger partial charge on any atom is -0.368 e. The van der Waals surface area contributed by atoms with E-state index >= 15 is 0 Å². The first-order valence-electron chi connectivity index (χ1n) is 6.84. The maximum Gasteiger partial charge on any atom is 0.234 e. The number of nitrogens with two attached hydrogens (primary N) is 1. The van der Waals surface area contributed by atoms with Gasteiger partial charge in [0.1, 0.15) is 0 Å². The largest absolute Gasteiger partial charge is 0.368 e. The van der Waals surface area contributed by atoms with Gasteiger partial charge in [0.05, 0.1) is 6.04 Å². The third-order valence-corrected chi connectivity index (χ3v) is 3.59. The summed E-state index contributed by atoms with van der Waals surface area (Å²) in [4.78, 5) is 16.0. The lowest BCUT2D eigenvalue weighted by Gasteiger charge is -2.23. The summed E-state index contributed by atoms with van der Waals surface area (Å²) in [5.41, 5.74) is 5.42. The van der Waals surface area contributed by atoms with Crippen LogP contribution in [-0.2, 0) is 4.79 Å². The van der Waals surface area contributed by atoms with Crippen LogP contribution in [0.3, 0.4) is 0 Å². The van der Waals surface area contributed by atoms with Gasteiger partial charge in [-0.2, -0.15) is 0 Å². The van der Waals surface area contributed by atoms with Gasteiger partial charge in [0.15, 0.2) is 0 Å². The zero-order valence-corrected chi connectivity index (χ0v) is 12.1. The molecule has 0 radical (unpaired) electrons. The minimum absolute atomic E-state index is 0.205. The van der Waals surface area contributed by atoms with Crippen LogP contribution in [0.5, 0.6) is 0 Å². The van der Waals surface area contributed by atoms with Gasteiger partial charge in [-0.25, -0.2) is 0 Å². The first-order chi connectivity index (χ1) is 8.40. The average molecular weight is 256 g/mol. The van der Waals surface area contributed by atoms with Gasteiger partial charge >= 0.3 is 0 Å². The monoisotopic (exact) mass is 256 g/mol. The molecule has 0 aromatic carbocycles. The normalized spacial score (nSPS) is 22.9. The standard InChI is InChI=1S/C13H28N4O/c1-10(2)15-12(13(14)18)6-8-17-7-5-11(9-17)16(3)4/h10-12,15H,5-9H2,1-4H3,(H2,14,18). The number of rotatable bonds is 7. The summed E-state index contributed by atoms with van der Waals surface area (Å²) in [5, 5.41) is 3.23. The van der Waals surface area contributed by atoms with Gasteiger partial charge in [-0.05, 0) is 33.5 Å². The van der Waals surface area contributed by atoms with Crippen molar-refractivity contribution in [2.75, 3.05) is 33.7 Å². The van der Waals surface area contributed by atoms with E-state index in [2.05, 4.69) is 29.2 Å². The van der Waals surface area contributed by atoms with E-state index < -0.39 is 0 Å². The molecule has 2 atom stereocenters. The Labute approximate surface area is 111 Å². The zero-order valence-electron chi connectivity index (χ0n) is 12.1. The Morgan fingerprint density at radius 2 is 2.17 bits per heavy atom. The van der Waals surface area contributed by atoms with Gasteiger partial charge < -0.3 is 20.9 Å². The van der Waals surface area contributed by atoms with Crippen molar-refractivity contribution < 1.29 is 4.79 Å². The lowest BCUT2D eigenvalue weighted by molar-refractivity contribution is -0.120. The number of hydrogen-bond donors (Lipinski definition) is 2. The van der Waals surface area contributed by atoms with Crippen LogP contribution in [0.1, 0.15) is 26.7 Å². The van der Waals surface area contributed by atoms with Crippen LogP contribution in [0.2, 0.25) is 0 Å². The van der Waals surface area contributed by atoms with Crippen LogP contribution in [0, 0.1) is 0 Å². The van der Waals surface area contributed by atoms with Gasteiger partial charge in [0, 0.05) is 25.2 Å². The predicted molar refractivity (Wildman–Crippen MR) is 74.4 cm³/mol. The molecule has 0 aromatic heterocycles. The molecule has 1 aliphatic rings. The van der Waals surface area contributed by atoms with Gasteiger partial charge in [-0.1, -0.05) is 13.8 Å². The molecule has 5 nitrogen and oxygen atoms in total. The van der Waals surface area contributed by atoms with Gasteiger partial charge in [0.25, 0.3) is 0 Å². The van der Waals surface area contributed by atoms with Crippen molar-refractivity contribution in [2.45, 2.75) is 44.8 Å². The fraction of sp³-hybridized carbons (Fsp3) is 0.923. The van der Waals surface area contributed by atoms with Crippen molar-refractivity contribution >= 4 is 5.91 Å². The minimum atomic E-state index is -0.243. The van der Waals surface area contributed by atoms with Gasteiger partial charge in [-0.3, -0.25) is 4.79 Å². The smallest absolute Gasteiger partial charge is 0.234 e. The molecule has 5 heteroatoms. The first-order valence-corrected chi connectivity index (χ1v) is 6.84. The summed E-state index contributed by atoms with van der Waals surface area (Å²) in [5.74, 6) is -0.243. The topological polar surface area (TPSA) is 61.6 Å². The molecule has 1 saturated heterocycles. The Balaban J connectivity index is 2.33. The van der Waals surface area contributed by atoms with Crippen LogP contribution in [0.25, 0.3) is 0 Å². The van der Waals surface area contributed by atoms with E-state index in [-0.39, 0.29) is 18.0 Å². The highest BCUT2D eigenvalue weighted by Crippen LogP contribution is 2.13. The number of likely N-dealkylation sites (tertiary alicyclic amines) is 1. The lowest BCUT2D eigenvalue weighted by atomic mass is 10.1. The Kier molecular flexibility index (Phi) is 6.05. The maximum absolute atomic E-state index is 11.3. The summed E-state index contributed by atoms with van der Waals surface area (Å²) in [6, 6.07) is 0.731. The first kappa shape index (κ1) is 15.4. The van der Waals surface area contributed by atoms with Crippen molar-refractivity contribution in [3.8, 4) is 0 Å². The van der Waals surface area contributed by atoms with E-state index in [9.17, 15) is 4.79 Å². The molecular weight excluding hydrogens is 228 g/mol. The summed E-state index contributed by atoms with van der Waals surface area (Å²) in [6.07, 6.45) is 2.01. The number of carbonyl (C=O) groups excluding carboxylic acids is 1. The molecule has 0 aromatic rings. The molecule has 3 N–H and O–H groups in total. The number of primary amides is 1. The van der Waals surface area contributed by atoms with Crippen molar-refractivity contribution in [2.24, 2.45) is 5.73 Å². The Bertz CT molecular complexity index is 268. The molecule has 1 rings (SSSR count). The summed E-state index contributed by atoms with van der Waals surface area (Å²) in [6.45, 7) is 7.23. The number of nitrogens with zero attached hydrogens (tertiary/aromatic N) is 2. The van der Waals surface area contributed by atoms with E-state index in [4.69, 9.17) is 5.73 Å². The Hall–Kier alpha value is -0.650. The molecule has 2 unspecified atom stereocenters. The van der Waals surface area contributed by atoms with Crippen LogP contribution in [0.15, 0.2) is 0 Å². The summed E-state index contributed by atoms with van der Waals surface area (Å²) >= 11 is 0. The fourth-order valence-electron chi connectivity index (χ4n) is 2.46.